The molecule has 1 aromatic carbocycles. The van der Waals surface area contributed by atoms with Crippen molar-refractivity contribution < 1.29 is 8.42 Å². The highest BCUT2D eigenvalue weighted by atomic mass is 32.2. The van der Waals surface area contributed by atoms with Gasteiger partial charge in [-0.2, -0.15) is 0 Å². The van der Waals surface area contributed by atoms with Crippen molar-refractivity contribution in [2.45, 2.75) is 37.6 Å². The van der Waals surface area contributed by atoms with E-state index in [0.717, 1.165) is 18.4 Å². The van der Waals surface area contributed by atoms with Gasteiger partial charge in [0.25, 0.3) is 0 Å². The number of rotatable bonds is 4. The van der Waals surface area contributed by atoms with Gasteiger partial charge in [0.1, 0.15) is 0 Å². The van der Waals surface area contributed by atoms with Crippen molar-refractivity contribution in [2.24, 2.45) is 5.92 Å². The van der Waals surface area contributed by atoms with Crippen LogP contribution in [0.25, 0.3) is 0 Å². The third-order valence-corrected chi connectivity index (χ3v) is 4.77. The molecule has 0 heterocycles. The molecule has 0 bridgehead atoms. The largest absolute Gasteiger partial charge is 0.241 e. The summed E-state index contributed by atoms with van der Waals surface area (Å²) in [6.07, 6.45) is 2.27. The van der Waals surface area contributed by atoms with Gasteiger partial charge in [-0.05, 0) is 44.2 Å². The zero-order valence-corrected chi connectivity index (χ0v) is 10.4. The fourth-order valence-corrected chi connectivity index (χ4v) is 3.42. The lowest BCUT2D eigenvalue weighted by Crippen LogP contribution is -2.34. The number of nitrogens with one attached hydrogen (secondary N) is 1. The van der Waals surface area contributed by atoms with Gasteiger partial charge in [-0.15, -0.1) is 0 Å². The van der Waals surface area contributed by atoms with Gasteiger partial charge in [0.05, 0.1) is 4.90 Å². The molecule has 2 rings (SSSR count). The summed E-state index contributed by atoms with van der Waals surface area (Å²) < 4.78 is 26.9. The molecule has 0 aromatic heterocycles. The summed E-state index contributed by atoms with van der Waals surface area (Å²) in [6, 6.07) is 7.11. The minimum Gasteiger partial charge on any atom is -0.208 e. The second-order valence-electron chi connectivity index (χ2n) is 4.51. The second kappa shape index (κ2) is 4.18. The lowest BCUT2D eigenvalue weighted by atomic mass is 10.2. The van der Waals surface area contributed by atoms with Gasteiger partial charge in [-0.1, -0.05) is 18.2 Å². The molecule has 1 aromatic rings. The Kier molecular flexibility index (Phi) is 3.04. The number of aryl methyl sites for hydroxylation is 1. The lowest BCUT2D eigenvalue weighted by molar-refractivity contribution is 0.537. The van der Waals surface area contributed by atoms with Crippen molar-refractivity contribution in [3.8, 4) is 0 Å². The highest BCUT2D eigenvalue weighted by Gasteiger charge is 2.31. The maximum Gasteiger partial charge on any atom is 0.241 e. The summed E-state index contributed by atoms with van der Waals surface area (Å²) >= 11 is 0. The number of hydrogen-bond donors (Lipinski definition) is 1. The van der Waals surface area contributed by atoms with E-state index in [1.54, 1.807) is 12.1 Å². The molecule has 1 atom stereocenters. The highest BCUT2D eigenvalue weighted by Crippen LogP contribution is 2.33. The normalized spacial score (nSPS) is 18.4. The van der Waals surface area contributed by atoms with Crippen molar-refractivity contribution in [1.29, 1.82) is 0 Å². The molecule has 0 spiro atoms. The first-order valence-electron chi connectivity index (χ1n) is 5.58. The van der Waals surface area contributed by atoms with Crippen LogP contribution in [0.15, 0.2) is 29.2 Å². The maximum atomic E-state index is 12.1. The molecule has 4 heteroatoms. The van der Waals surface area contributed by atoms with Crippen LogP contribution in [0.3, 0.4) is 0 Å². The van der Waals surface area contributed by atoms with Gasteiger partial charge in [0, 0.05) is 6.04 Å². The summed E-state index contributed by atoms with van der Waals surface area (Å²) in [5.74, 6) is 0.527. The highest BCUT2D eigenvalue weighted by molar-refractivity contribution is 7.89. The van der Waals surface area contributed by atoms with Crippen molar-refractivity contribution in [3.05, 3.63) is 29.8 Å². The van der Waals surface area contributed by atoms with E-state index in [4.69, 9.17) is 0 Å². The Bertz CT molecular complexity index is 478. The molecule has 0 amide bonds. The van der Waals surface area contributed by atoms with E-state index >= 15 is 0 Å². The molecule has 1 N–H and O–H groups in total. The monoisotopic (exact) mass is 239 g/mol. The maximum absolute atomic E-state index is 12.1. The van der Waals surface area contributed by atoms with Crippen LogP contribution < -0.4 is 4.72 Å². The standard InChI is InChI=1S/C12H17NO2S/c1-9-5-3-4-6-12(9)16(14,15)13-10(2)11-7-8-11/h3-6,10-11,13H,7-8H2,1-2H3. The minimum absolute atomic E-state index is 0.0459. The van der Waals surface area contributed by atoms with E-state index in [1.165, 1.54) is 0 Å². The van der Waals surface area contributed by atoms with Gasteiger partial charge in [0.2, 0.25) is 10.0 Å². The Labute approximate surface area is 96.9 Å². The fraction of sp³-hybridized carbons (Fsp3) is 0.500. The third-order valence-electron chi connectivity index (χ3n) is 3.05. The van der Waals surface area contributed by atoms with Crippen LogP contribution in [0.1, 0.15) is 25.3 Å². The topological polar surface area (TPSA) is 46.2 Å². The minimum atomic E-state index is -3.35. The molecule has 1 saturated carbocycles. The molecular weight excluding hydrogens is 222 g/mol. The Morgan fingerprint density at radius 3 is 2.50 bits per heavy atom. The van der Waals surface area contributed by atoms with E-state index in [0.29, 0.717) is 10.8 Å². The van der Waals surface area contributed by atoms with E-state index in [-0.39, 0.29) is 6.04 Å². The van der Waals surface area contributed by atoms with Gasteiger partial charge in [0.15, 0.2) is 0 Å². The van der Waals surface area contributed by atoms with Crippen molar-refractivity contribution in [3.63, 3.8) is 0 Å². The summed E-state index contributed by atoms with van der Waals surface area (Å²) in [5, 5.41) is 0. The van der Waals surface area contributed by atoms with Crippen LogP contribution in [0.5, 0.6) is 0 Å². The van der Waals surface area contributed by atoms with Crippen LogP contribution >= 0.6 is 0 Å². The molecule has 0 aliphatic heterocycles. The Balaban J connectivity index is 2.21. The van der Waals surface area contributed by atoms with E-state index in [1.807, 2.05) is 26.0 Å². The summed E-state index contributed by atoms with van der Waals surface area (Å²) in [5.41, 5.74) is 0.790. The number of hydrogen-bond acceptors (Lipinski definition) is 2. The Morgan fingerprint density at radius 1 is 1.31 bits per heavy atom. The molecular formula is C12H17NO2S. The molecule has 1 aliphatic rings. The van der Waals surface area contributed by atoms with Gasteiger partial charge < -0.3 is 0 Å². The summed E-state index contributed by atoms with van der Waals surface area (Å²) in [4.78, 5) is 0.391. The van der Waals surface area contributed by atoms with Gasteiger partial charge in [-0.25, -0.2) is 13.1 Å². The van der Waals surface area contributed by atoms with Crippen molar-refractivity contribution in [1.82, 2.24) is 4.72 Å². The van der Waals surface area contributed by atoms with Crippen molar-refractivity contribution >= 4 is 10.0 Å². The zero-order valence-electron chi connectivity index (χ0n) is 9.60. The third kappa shape index (κ3) is 2.44. The molecule has 16 heavy (non-hydrogen) atoms. The van der Waals surface area contributed by atoms with Crippen LogP contribution in [0, 0.1) is 12.8 Å². The number of sulfonamides is 1. The SMILES string of the molecule is Cc1ccccc1S(=O)(=O)NC(C)C1CC1. The average Bonchev–Trinajstić information content (AvgIpc) is 3.00. The van der Waals surface area contributed by atoms with Gasteiger partial charge in [-0.3, -0.25) is 0 Å². The molecule has 0 saturated heterocycles. The number of benzene rings is 1. The molecule has 3 nitrogen and oxygen atoms in total. The fourth-order valence-electron chi connectivity index (χ4n) is 1.86. The van der Waals surface area contributed by atoms with Crippen molar-refractivity contribution in [2.75, 3.05) is 0 Å². The van der Waals surface area contributed by atoms with Crippen LogP contribution in [0.4, 0.5) is 0 Å². The first kappa shape index (κ1) is 11.6. The predicted molar refractivity (Wildman–Crippen MR) is 63.7 cm³/mol. The quantitative estimate of drug-likeness (QED) is 0.874. The van der Waals surface area contributed by atoms with E-state index in [9.17, 15) is 8.42 Å². The van der Waals surface area contributed by atoms with Crippen LogP contribution in [-0.4, -0.2) is 14.5 Å². The van der Waals surface area contributed by atoms with Crippen LogP contribution in [-0.2, 0) is 10.0 Å². The molecule has 88 valence electrons. The zero-order chi connectivity index (χ0) is 11.8. The Morgan fingerprint density at radius 2 is 1.94 bits per heavy atom. The Hall–Kier alpha value is -0.870. The lowest BCUT2D eigenvalue weighted by Gasteiger charge is -2.14. The molecule has 1 unspecified atom stereocenters. The van der Waals surface area contributed by atoms with Gasteiger partial charge >= 0.3 is 0 Å². The molecule has 1 fully saturated rings. The van der Waals surface area contributed by atoms with E-state index < -0.39 is 10.0 Å². The van der Waals surface area contributed by atoms with E-state index in [2.05, 4.69) is 4.72 Å². The molecule has 0 radical (unpaired) electrons. The summed E-state index contributed by atoms with van der Waals surface area (Å²) in [7, 11) is -3.35. The average molecular weight is 239 g/mol. The predicted octanol–water partition coefficient (Wildman–Crippen LogP) is 2.07. The first-order chi connectivity index (χ1) is 7.50. The molecule has 1 aliphatic carbocycles. The first-order valence-corrected chi connectivity index (χ1v) is 7.07. The smallest absolute Gasteiger partial charge is 0.208 e. The summed E-state index contributed by atoms with van der Waals surface area (Å²) in [6.45, 7) is 3.75. The second-order valence-corrected chi connectivity index (χ2v) is 6.20. The van der Waals surface area contributed by atoms with Crippen LogP contribution in [0.2, 0.25) is 0 Å².